The first-order chi connectivity index (χ1) is 22.1. The number of aliphatic imine (C=N–C) groups is 1. The number of para-hydroxylation sites is 1. The van der Waals surface area contributed by atoms with Crippen LogP contribution in [0, 0.1) is 0 Å². The number of nitrogens with zero attached hydrogens (tertiary/aromatic N) is 2. The minimum Gasteiger partial charge on any atom is -0.455 e. The van der Waals surface area contributed by atoms with Crippen LogP contribution >= 0.6 is 0 Å². The summed E-state index contributed by atoms with van der Waals surface area (Å²) in [7, 11) is 0. The standard InChI is InChI=1S/C41H27N3O/c1-41(2)30-11-5-3-9-24(30)27-19-22(15-17-31(27)41)23-20-28-36-34(18-16-26-25-10-4-8-14-35(25)45-39(26)36)44-38(28)29(21-23)37-40(44)43-33-13-7-6-12-32(33)42-37/h3-21,32,42H,1-2H3/p+1. The smallest absolute Gasteiger partial charge is 0.201 e. The van der Waals surface area contributed by atoms with Gasteiger partial charge < -0.3 is 4.42 Å². The van der Waals surface area contributed by atoms with Crippen LogP contribution < -0.4 is 5.32 Å². The van der Waals surface area contributed by atoms with E-state index >= 15 is 0 Å². The lowest BCUT2D eigenvalue weighted by Crippen LogP contribution is -2.87. The summed E-state index contributed by atoms with van der Waals surface area (Å²) in [5.41, 5.74) is 14.4. The molecule has 8 aromatic rings. The van der Waals surface area contributed by atoms with Crippen molar-refractivity contribution in [2.45, 2.75) is 25.3 Å². The third kappa shape index (κ3) is 2.89. The van der Waals surface area contributed by atoms with Crippen molar-refractivity contribution >= 4 is 66.3 Å². The highest BCUT2D eigenvalue weighted by Gasteiger charge is 2.36. The van der Waals surface area contributed by atoms with Gasteiger partial charge in [0.15, 0.2) is 11.7 Å². The van der Waals surface area contributed by atoms with Crippen molar-refractivity contribution in [3.8, 4) is 22.3 Å². The SMILES string of the molecule is CC1(C)c2ccccc2-c2cc(-c3cc4c5c(n6c7ccc8c9ccccc9oc8c7c(c3)c46)N=C3C=CC=CC3[NH2+]5)ccc21. The van der Waals surface area contributed by atoms with Gasteiger partial charge in [0.25, 0.3) is 0 Å². The third-order valence-corrected chi connectivity index (χ3v) is 10.6. The van der Waals surface area contributed by atoms with E-state index in [1.807, 2.05) is 6.07 Å². The number of allylic oxidation sites excluding steroid dienone is 2. The van der Waals surface area contributed by atoms with Gasteiger partial charge in [0.2, 0.25) is 5.82 Å². The largest absolute Gasteiger partial charge is 0.455 e. The number of hydrogen-bond donors (Lipinski definition) is 1. The first-order valence-corrected chi connectivity index (χ1v) is 15.8. The molecular weight excluding hydrogens is 550 g/mol. The Hall–Kier alpha value is -5.45. The van der Waals surface area contributed by atoms with E-state index < -0.39 is 0 Å². The fraction of sp³-hybridized carbons (Fsp3) is 0.0976. The number of furan rings is 1. The Labute approximate surface area is 258 Å². The van der Waals surface area contributed by atoms with Gasteiger partial charge in [-0.15, -0.1) is 0 Å². The molecule has 0 spiro atoms. The van der Waals surface area contributed by atoms with Crippen LogP contribution in [-0.2, 0) is 5.41 Å². The van der Waals surface area contributed by atoms with Crippen LogP contribution in [0.3, 0.4) is 0 Å². The molecule has 2 aliphatic carbocycles. The Kier molecular flexibility index (Phi) is 4.24. The summed E-state index contributed by atoms with van der Waals surface area (Å²) < 4.78 is 9.02. The molecule has 3 aromatic heterocycles. The lowest BCUT2D eigenvalue weighted by atomic mass is 9.82. The zero-order chi connectivity index (χ0) is 29.6. The predicted octanol–water partition coefficient (Wildman–Crippen LogP) is 9.33. The average Bonchev–Trinajstić information content (AvgIpc) is 3.78. The van der Waals surface area contributed by atoms with E-state index in [1.165, 1.54) is 55.4 Å². The zero-order valence-electron chi connectivity index (χ0n) is 24.9. The van der Waals surface area contributed by atoms with Crippen LogP contribution in [0.1, 0.15) is 25.0 Å². The number of benzene rings is 5. The normalized spacial score (nSPS) is 17.8. The molecule has 0 saturated heterocycles. The van der Waals surface area contributed by atoms with Crippen LogP contribution in [0.15, 0.2) is 125 Å². The van der Waals surface area contributed by atoms with Crippen molar-refractivity contribution in [1.29, 1.82) is 0 Å². The highest BCUT2D eigenvalue weighted by molar-refractivity contribution is 6.28. The number of aromatic nitrogens is 1. The van der Waals surface area contributed by atoms with Gasteiger partial charge >= 0.3 is 0 Å². The Morgan fingerprint density at radius 3 is 2.56 bits per heavy atom. The fourth-order valence-electron chi connectivity index (χ4n) is 8.52. The van der Waals surface area contributed by atoms with Crippen LogP contribution in [0.5, 0.6) is 0 Å². The maximum atomic E-state index is 6.65. The number of rotatable bonds is 1. The highest BCUT2D eigenvalue weighted by atomic mass is 16.3. The lowest BCUT2D eigenvalue weighted by molar-refractivity contribution is -0.580. The molecule has 3 aliphatic rings. The molecule has 11 rings (SSSR count). The lowest BCUT2D eigenvalue weighted by Gasteiger charge is -2.21. The van der Waals surface area contributed by atoms with Crippen molar-refractivity contribution in [1.82, 2.24) is 4.40 Å². The average molecular weight is 579 g/mol. The van der Waals surface area contributed by atoms with Gasteiger partial charge in [-0.1, -0.05) is 80.6 Å². The Balaban J connectivity index is 1.26. The summed E-state index contributed by atoms with van der Waals surface area (Å²) >= 11 is 0. The van der Waals surface area contributed by atoms with E-state index in [-0.39, 0.29) is 11.5 Å². The molecule has 0 fully saturated rings. The number of nitrogens with two attached hydrogens (primary N) is 1. The number of quaternary nitrogens is 1. The van der Waals surface area contributed by atoms with E-state index in [0.29, 0.717) is 0 Å². The second-order valence-corrected chi connectivity index (χ2v) is 13.3. The molecule has 0 amide bonds. The first kappa shape index (κ1) is 23.9. The molecule has 4 heterocycles. The van der Waals surface area contributed by atoms with Crippen molar-refractivity contribution < 1.29 is 9.73 Å². The quantitative estimate of drug-likeness (QED) is 0.207. The molecule has 4 heteroatoms. The summed E-state index contributed by atoms with van der Waals surface area (Å²) in [6.07, 6.45) is 8.60. The Bertz CT molecular complexity index is 2710. The fourth-order valence-corrected chi connectivity index (χ4v) is 8.52. The second-order valence-electron chi connectivity index (χ2n) is 13.3. The van der Waals surface area contributed by atoms with E-state index in [2.05, 4.69) is 133 Å². The van der Waals surface area contributed by atoms with Crippen LogP contribution in [0.4, 0.5) is 11.5 Å². The minimum absolute atomic E-state index is 0.0166. The second kappa shape index (κ2) is 7.98. The van der Waals surface area contributed by atoms with Crippen molar-refractivity contribution in [2.24, 2.45) is 4.99 Å². The van der Waals surface area contributed by atoms with Crippen LogP contribution in [0.2, 0.25) is 0 Å². The molecular formula is C41H28N3O+. The van der Waals surface area contributed by atoms with Crippen LogP contribution in [-0.4, -0.2) is 16.2 Å². The summed E-state index contributed by atoms with van der Waals surface area (Å²) in [5.74, 6) is 1.01. The van der Waals surface area contributed by atoms with Gasteiger partial charge in [0, 0.05) is 21.6 Å². The van der Waals surface area contributed by atoms with E-state index in [1.54, 1.807) is 0 Å². The number of fused-ring (bicyclic) bond motifs is 14. The molecule has 0 saturated carbocycles. The maximum absolute atomic E-state index is 6.65. The van der Waals surface area contributed by atoms with Gasteiger partial charge in [-0.3, -0.25) is 9.72 Å². The van der Waals surface area contributed by atoms with Gasteiger partial charge in [-0.25, -0.2) is 4.99 Å². The highest BCUT2D eigenvalue weighted by Crippen LogP contribution is 2.51. The maximum Gasteiger partial charge on any atom is 0.201 e. The summed E-state index contributed by atoms with van der Waals surface area (Å²) in [4.78, 5) is 5.30. The van der Waals surface area contributed by atoms with E-state index in [4.69, 9.17) is 9.41 Å². The third-order valence-electron chi connectivity index (χ3n) is 10.6. The summed E-state index contributed by atoms with van der Waals surface area (Å²) in [5, 5.41) is 8.30. The van der Waals surface area contributed by atoms with Gasteiger partial charge in [0.05, 0.1) is 21.8 Å². The van der Waals surface area contributed by atoms with Crippen molar-refractivity contribution in [2.75, 3.05) is 0 Å². The predicted molar refractivity (Wildman–Crippen MR) is 185 cm³/mol. The molecule has 1 aliphatic heterocycles. The van der Waals surface area contributed by atoms with Gasteiger partial charge in [-0.2, -0.15) is 0 Å². The molecule has 4 nitrogen and oxygen atoms in total. The number of hydrogen-bond acceptors (Lipinski definition) is 2. The topological polar surface area (TPSA) is 46.5 Å². The van der Waals surface area contributed by atoms with E-state index in [9.17, 15) is 0 Å². The minimum atomic E-state index is -0.0166. The molecule has 45 heavy (non-hydrogen) atoms. The summed E-state index contributed by atoms with van der Waals surface area (Å²) in [6, 6.07) is 33.8. The van der Waals surface area contributed by atoms with Crippen LogP contribution in [0.25, 0.3) is 71.4 Å². The molecule has 0 radical (unpaired) electrons. The van der Waals surface area contributed by atoms with Gasteiger partial charge in [0.1, 0.15) is 16.9 Å². The molecule has 0 bridgehead atoms. The molecule has 212 valence electrons. The summed E-state index contributed by atoms with van der Waals surface area (Å²) in [6.45, 7) is 4.68. The Morgan fingerprint density at radius 2 is 1.60 bits per heavy atom. The first-order valence-electron chi connectivity index (χ1n) is 15.8. The monoisotopic (exact) mass is 578 g/mol. The molecule has 5 aromatic carbocycles. The Morgan fingerprint density at radius 1 is 0.756 bits per heavy atom. The molecule has 1 unspecified atom stereocenters. The van der Waals surface area contributed by atoms with Crippen molar-refractivity contribution in [3.05, 3.63) is 126 Å². The van der Waals surface area contributed by atoms with Gasteiger partial charge in [-0.05, 0) is 81.9 Å². The van der Waals surface area contributed by atoms with E-state index in [0.717, 1.165) is 44.4 Å². The molecule has 2 N–H and O–H groups in total. The zero-order valence-corrected chi connectivity index (χ0v) is 24.9. The molecule has 1 atom stereocenters. The van der Waals surface area contributed by atoms with Crippen molar-refractivity contribution in [3.63, 3.8) is 0 Å².